The summed E-state index contributed by atoms with van der Waals surface area (Å²) in [7, 11) is 0. The second kappa shape index (κ2) is 5.78. The van der Waals surface area contributed by atoms with Crippen LogP contribution in [0, 0.1) is 0 Å². The van der Waals surface area contributed by atoms with Crippen molar-refractivity contribution in [2.45, 2.75) is 44.6 Å². The fourth-order valence-electron chi connectivity index (χ4n) is 1.63. The van der Waals surface area contributed by atoms with Gasteiger partial charge in [-0.2, -0.15) is 0 Å². The normalized spacial score (nSPS) is 19.1. The molecule has 0 aromatic carbocycles. The first-order chi connectivity index (χ1) is 5.83. The van der Waals surface area contributed by atoms with Crippen LogP contribution in [0.25, 0.3) is 0 Å². The van der Waals surface area contributed by atoms with Crippen molar-refractivity contribution in [2.75, 3.05) is 4.43 Å². The van der Waals surface area contributed by atoms with E-state index in [4.69, 9.17) is 0 Å². The van der Waals surface area contributed by atoms with E-state index in [2.05, 4.69) is 27.9 Å². The van der Waals surface area contributed by atoms with E-state index < -0.39 is 0 Å². The van der Waals surface area contributed by atoms with Gasteiger partial charge in [0.15, 0.2) is 0 Å². The highest BCUT2D eigenvalue weighted by atomic mass is 127. The lowest BCUT2D eigenvalue weighted by Gasteiger charge is -2.22. The van der Waals surface area contributed by atoms with Crippen molar-refractivity contribution < 1.29 is 4.79 Å². The largest absolute Gasteiger partial charge is 0.353 e. The molecule has 0 bridgehead atoms. The van der Waals surface area contributed by atoms with Crippen molar-refractivity contribution in [1.82, 2.24) is 5.32 Å². The number of hydrogen-bond donors (Lipinski definition) is 1. The summed E-state index contributed by atoms with van der Waals surface area (Å²) in [4.78, 5) is 11.2. The van der Waals surface area contributed by atoms with Crippen LogP contribution < -0.4 is 5.32 Å². The number of carbonyl (C=O) groups excluding carboxylic acids is 1. The van der Waals surface area contributed by atoms with Gasteiger partial charge in [-0.15, -0.1) is 0 Å². The third-order valence-corrected chi connectivity index (χ3v) is 2.83. The number of carbonyl (C=O) groups is 1. The first-order valence-electron chi connectivity index (χ1n) is 4.68. The molecule has 0 aromatic heterocycles. The number of rotatable bonds is 3. The molecule has 2 nitrogen and oxygen atoms in total. The van der Waals surface area contributed by atoms with Gasteiger partial charge in [-0.25, -0.2) is 0 Å². The maximum Gasteiger partial charge on any atom is 0.220 e. The van der Waals surface area contributed by atoms with E-state index in [1.54, 1.807) is 0 Å². The second-order valence-electron chi connectivity index (χ2n) is 3.34. The Hall–Kier alpha value is 0.200. The van der Waals surface area contributed by atoms with Crippen LogP contribution in [-0.4, -0.2) is 16.4 Å². The third kappa shape index (κ3) is 3.74. The standard InChI is InChI=1S/C9H16INO/c10-7-6-9(12)11-8-4-2-1-3-5-8/h8H,1-7H2,(H,11,12). The summed E-state index contributed by atoms with van der Waals surface area (Å²) in [5, 5.41) is 3.08. The lowest BCUT2D eigenvalue weighted by Crippen LogP contribution is -2.36. The molecule has 1 aliphatic rings. The Kier molecular flexibility index (Phi) is 4.95. The zero-order valence-corrected chi connectivity index (χ0v) is 9.47. The lowest BCUT2D eigenvalue weighted by atomic mass is 9.95. The van der Waals surface area contributed by atoms with Crippen LogP contribution in [0.3, 0.4) is 0 Å². The SMILES string of the molecule is O=C(CCI)NC1CCCCC1. The molecule has 0 aromatic rings. The predicted octanol–water partition coefficient (Wildman–Crippen LogP) is 2.26. The molecule has 1 aliphatic carbocycles. The maximum absolute atomic E-state index is 11.2. The lowest BCUT2D eigenvalue weighted by molar-refractivity contribution is -0.121. The van der Waals surface area contributed by atoms with Gasteiger partial charge >= 0.3 is 0 Å². The van der Waals surface area contributed by atoms with Gasteiger partial charge in [0.2, 0.25) is 5.91 Å². The summed E-state index contributed by atoms with van der Waals surface area (Å²) in [5.41, 5.74) is 0. The molecule has 0 aliphatic heterocycles. The average Bonchev–Trinajstić information content (AvgIpc) is 2.06. The Bertz CT molecular complexity index is 143. The van der Waals surface area contributed by atoms with Gasteiger partial charge < -0.3 is 5.32 Å². The van der Waals surface area contributed by atoms with E-state index in [0.717, 1.165) is 4.43 Å². The molecule has 1 amide bonds. The Morgan fingerprint density at radius 3 is 2.58 bits per heavy atom. The number of nitrogens with one attached hydrogen (secondary N) is 1. The van der Waals surface area contributed by atoms with Crippen LogP contribution in [0.4, 0.5) is 0 Å². The topological polar surface area (TPSA) is 29.1 Å². The monoisotopic (exact) mass is 281 g/mol. The van der Waals surface area contributed by atoms with Crippen LogP contribution in [0.5, 0.6) is 0 Å². The average molecular weight is 281 g/mol. The summed E-state index contributed by atoms with van der Waals surface area (Å²) >= 11 is 2.24. The molecule has 0 atom stereocenters. The molecule has 1 rings (SSSR count). The summed E-state index contributed by atoms with van der Waals surface area (Å²) < 4.78 is 0.927. The third-order valence-electron chi connectivity index (χ3n) is 2.29. The van der Waals surface area contributed by atoms with E-state index in [-0.39, 0.29) is 5.91 Å². The quantitative estimate of drug-likeness (QED) is 0.624. The van der Waals surface area contributed by atoms with E-state index >= 15 is 0 Å². The predicted molar refractivity (Wildman–Crippen MR) is 58.5 cm³/mol. The van der Waals surface area contributed by atoms with Crippen molar-refractivity contribution in [3.8, 4) is 0 Å². The van der Waals surface area contributed by atoms with Gasteiger partial charge in [-0.3, -0.25) is 4.79 Å². The summed E-state index contributed by atoms with van der Waals surface area (Å²) in [6.07, 6.45) is 6.97. The molecule has 0 spiro atoms. The molecule has 12 heavy (non-hydrogen) atoms. The first-order valence-corrected chi connectivity index (χ1v) is 6.21. The summed E-state index contributed by atoms with van der Waals surface area (Å²) in [6.45, 7) is 0. The minimum absolute atomic E-state index is 0.233. The van der Waals surface area contributed by atoms with Crippen molar-refractivity contribution in [2.24, 2.45) is 0 Å². The highest BCUT2D eigenvalue weighted by molar-refractivity contribution is 14.1. The van der Waals surface area contributed by atoms with Crippen LogP contribution in [0.1, 0.15) is 38.5 Å². The minimum Gasteiger partial charge on any atom is -0.353 e. The molecule has 70 valence electrons. The zero-order valence-electron chi connectivity index (χ0n) is 7.31. The molecule has 0 saturated heterocycles. The Labute approximate surface area is 87.6 Å². The van der Waals surface area contributed by atoms with Crippen molar-refractivity contribution in [3.05, 3.63) is 0 Å². The van der Waals surface area contributed by atoms with Crippen LogP contribution in [-0.2, 0) is 4.79 Å². The van der Waals surface area contributed by atoms with Crippen LogP contribution in [0.2, 0.25) is 0 Å². The van der Waals surface area contributed by atoms with Gasteiger partial charge in [0, 0.05) is 16.9 Å². The second-order valence-corrected chi connectivity index (χ2v) is 4.42. The summed E-state index contributed by atoms with van der Waals surface area (Å²) in [6, 6.07) is 0.481. The Morgan fingerprint density at radius 2 is 2.00 bits per heavy atom. The first kappa shape index (κ1) is 10.3. The van der Waals surface area contributed by atoms with Crippen molar-refractivity contribution in [3.63, 3.8) is 0 Å². The van der Waals surface area contributed by atoms with Crippen LogP contribution in [0.15, 0.2) is 0 Å². The Morgan fingerprint density at radius 1 is 1.33 bits per heavy atom. The van der Waals surface area contributed by atoms with Gasteiger partial charge in [-0.1, -0.05) is 41.9 Å². The molecule has 1 N–H and O–H groups in total. The fourth-order valence-corrected chi connectivity index (χ4v) is 2.12. The van der Waals surface area contributed by atoms with Gasteiger partial charge in [0.25, 0.3) is 0 Å². The molecule has 3 heteroatoms. The van der Waals surface area contributed by atoms with Crippen molar-refractivity contribution in [1.29, 1.82) is 0 Å². The highest BCUT2D eigenvalue weighted by Crippen LogP contribution is 2.17. The number of amides is 1. The number of hydrogen-bond acceptors (Lipinski definition) is 1. The van der Waals surface area contributed by atoms with Gasteiger partial charge in [-0.05, 0) is 12.8 Å². The maximum atomic E-state index is 11.2. The molecule has 1 saturated carbocycles. The molecule has 1 fully saturated rings. The van der Waals surface area contributed by atoms with E-state index in [1.165, 1.54) is 32.1 Å². The smallest absolute Gasteiger partial charge is 0.220 e. The molecule has 0 radical (unpaired) electrons. The minimum atomic E-state index is 0.233. The van der Waals surface area contributed by atoms with E-state index in [9.17, 15) is 4.79 Å². The number of alkyl halides is 1. The van der Waals surface area contributed by atoms with Gasteiger partial charge in [0.1, 0.15) is 0 Å². The van der Waals surface area contributed by atoms with Crippen LogP contribution >= 0.6 is 22.6 Å². The van der Waals surface area contributed by atoms with E-state index in [0.29, 0.717) is 12.5 Å². The molecular formula is C9H16INO. The number of halogens is 1. The van der Waals surface area contributed by atoms with E-state index in [1.807, 2.05) is 0 Å². The zero-order chi connectivity index (χ0) is 8.81. The fraction of sp³-hybridized carbons (Fsp3) is 0.889. The molecule has 0 heterocycles. The molecule has 0 unspecified atom stereocenters. The highest BCUT2D eigenvalue weighted by Gasteiger charge is 2.14. The van der Waals surface area contributed by atoms with Gasteiger partial charge in [0.05, 0.1) is 0 Å². The summed E-state index contributed by atoms with van der Waals surface area (Å²) in [5.74, 6) is 0.233. The Balaban J connectivity index is 2.15. The molecular weight excluding hydrogens is 265 g/mol. The van der Waals surface area contributed by atoms with Crippen molar-refractivity contribution >= 4 is 28.5 Å².